The number of aromatic nitrogens is 1. The molecular formula is C9H14NO. The molecule has 2 nitrogen and oxygen atoms in total. The summed E-state index contributed by atoms with van der Waals surface area (Å²) in [6.45, 7) is 5.83. The number of oxazole rings is 1. The Hall–Kier alpha value is -0.790. The Balaban J connectivity index is 2.44. The first-order valence-corrected chi connectivity index (χ1v) is 4.09. The Labute approximate surface area is 67.6 Å². The summed E-state index contributed by atoms with van der Waals surface area (Å²) in [4.78, 5) is 4.27. The molecule has 0 fully saturated rings. The Morgan fingerprint density at radius 2 is 2.45 bits per heavy atom. The summed E-state index contributed by atoms with van der Waals surface area (Å²) in [5, 5.41) is 0. The molecule has 0 amide bonds. The van der Waals surface area contributed by atoms with Crippen molar-refractivity contribution in [1.82, 2.24) is 4.98 Å². The van der Waals surface area contributed by atoms with Crippen molar-refractivity contribution in [3.63, 3.8) is 0 Å². The van der Waals surface area contributed by atoms with Gasteiger partial charge in [0.05, 0.1) is 5.69 Å². The third-order valence-electron chi connectivity index (χ3n) is 1.60. The molecule has 61 valence electrons. The van der Waals surface area contributed by atoms with Crippen molar-refractivity contribution in [2.24, 2.45) is 0 Å². The molecule has 1 rings (SSSR count). The minimum atomic E-state index is 0.852. The Bertz CT molecular complexity index is 205. The second kappa shape index (κ2) is 4.16. The van der Waals surface area contributed by atoms with Gasteiger partial charge < -0.3 is 4.42 Å². The summed E-state index contributed by atoms with van der Waals surface area (Å²) < 4.78 is 5.22. The highest BCUT2D eigenvalue weighted by Crippen LogP contribution is 2.05. The molecule has 0 aliphatic carbocycles. The maximum absolute atomic E-state index is 5.22. The Kier molecular flexibility index (Phi) is 3.14. The molecule has 0 aromatic carbocycles. The van der Waals surface area contributed by atoms with Gasteiger partial charge in [-0.05, 0) is 12.8 Å². The van der Waals surface area contributed by atoms with Gasteiger partial charge in [0.15, 0.2) is 5.89 Å². The fraction of sp³-hybridized carbons (Fsp3) is 0.556. The van der Waals surface area contributed by atoms with E-state index in [1.54, 1.807) is 6.26 Å². The summed E-state index contributed by atoms with van der Waals surface area (Å²) in [6, 6.07) is 0. The van der Waals surface area contributed by atoms with Crippen LogP contribution in [0.25, 0.3) is 0 Å². The molecule has 0 unspecified atom stereocenters. The first-order chi connectivity index (χ1) is 5.36. The van der Waals surface area contributed by atoms with Crippen molar-refractivity contribution in [2.45, 2.75) is 32.6 Å². The van der Waals surface area contributed by atoms with Crippen molar-refractivity contribution in [3.05, 3.63) is 24.8 Å². The number of aryl methyl sites for hydroxylation is 2. The van der Waals surface area contributed by atoms with Crippen LogP contribution < -0.4 is 0 Å². The number of rotatable bonds is 4. The van der Waals surface area contributed by atoms with E-state index in [4.69, 9.17) is 4.42 Å². The van der Waals surface area contributed by atoms with Gasteiger partial charge in [0.25, 0.3) is 0 Å². The topological polar surface area (TPSA) is 26.0 Å². The van der Waals surface area contributed by atoms with E-state index < -0.39 is 0 Å². The van der Waals surface area contributed by atoms with Gasteiger partial charge in [-0.1, -0.05) is 20.3 Å². The van der Waals surface area contributed by atoms with Crippen molar-refractivity contribution in [2.75, 3.05) is 0 Å². The van der Waals surface area contributed by atoms with Gasteiger partial charge in [0, 0.05) is 6.42 Å². The highest BCUT2D eigenvalue weighted by Gasteiger charge is 1.99. The molecule has 1 aromatic rings. The molecule has 0 N–H and O–H groups in total. The van der Waals surface area contributed by atoms with Crippen molar-refractivity contribution < 1.29 is 4.42 Å². The normalized spacial score (nSPS) is 10.4. The predicted molar refractivity (Wildman–Crippen MR) is 44.2 cm³/mol. The Morgan fingerprint density at radius 1 is 1.64 bits per heavy atom. The van der Waals surface area contributed by atoms with E-state index in [2.05, 4.69) is 18.8 Å². The zero-order valence-corrected chi connectivity index (χ0v) is 6.97. The number of unbranched alkanes of at least 4 members (excludes halogenated alkanes) is 1. The van der Waals surface area contributed by atoms with Crippen LogP contribution >= 0.6 is 0 Å². The maximum Gasteiger partial charge on any atom is 0.194 e. The number of hydrogen-bond acceptors (Lipinski definition) is 2. The maximum atomic E-state index is 5.22. The zero-order valence-electron chi connectivity index (χ0n) is 6.97. The van der Waals surface area contributed by atoms with E-state index >= 15 is 0 Å². The molecule has 1 radical (unpaired) electrons. The van der Waals surface area contributed by atoms with Crippen LogP contribution in [0.5, 0.6) is 0 Å². The molecule has 0 spiro atoms. The van der Waals surface area contributed by atoms with Gasteiger partial charge in [0.1, 0.15) is 6.26 Å². The smallest absolute Gasteiger partial charge is 0.194 e. The molecule has 0 bridgehead atoms. The molecule has 11 heavy (non-hydrogen) atoms. The van der Waals surface area contributed by atoms with Gasteiger partial charge in [-0.2, -0.15) is 0 Å². The van der Waals surface area contributed by atoms with Gasteiger partial charge in [-0.3, -0.25) is 0 Å². The molecule has 0 aliphatic heterocycles. The fourth-order valence-corrected chi connectivity index (χ4v) is 0.902. The summed E-state index contributed by atoms with van der Waals surface area (Å²) in [5.41, 5.74) is 1.05. The van der Waals surface area contributed by atoms with Crippen LogP contribution in [-0.4, -0.2) is 4.98 Å². The van der Waals surface area contributed by atoms with Crippen LogP contribution in [0.15, 0.2) is 10.7 Å². The molecule has 1 heterocycles. The summed E-state index contributed by atoms with van der Waals surface area (Å²) in [7, 11) is 0. The molecule has 0 atom stereocenters. The van der Waals surface area contributed by atoms with Crippen molar-refractivity contribution in [3.8, 4) is 0 Å². The molecule has 0 saturated carbocycles. The first kappa shape index (κ1) is 8.31. The van der Waals surface area contributed by atoms with Gasteiger partial charge in [0.2, 0.25) is 0 Å². The third kappa shape index (κ3) is 2.37. The number of hydrogen-bond donors (Lipinski definition) is 0. The average Bonchev–Trinajstić information content (AvgIpc) is 2.48. The molecule has 0 aliphatic rings. The standard InChI is InChI=1S/C9H14NO/c1-3-5-6-9-10-8(4-2)7-11-9/h7H,1,3-6H2,2H3. The van der Waals surface area contributed by atoms with E-state index in [9.17, 15) is 0 Å². The molecular weight excluding hydrogens is 138 g/mol. The largest absolute Gasteiger partial charge is 0.449 e. The van der Waals surface area contributed by atoms with Crippen LogP contribution in [-0.2, 0) is 12.8 Å². The third-order valence-corrected chi connectivity index (χ3v) is 1.60. The summed E-state index contributed by atoms with van der Waals surface area (Å²) in [6.07, 6.45) is 5.61. The lowest BCUT2D eigenvalue weighted by Gasteiger charge is -1.89. The quantitative estimate of drug-likeness (QED) is 0.662. The summed E-state index contributed by atoms with van der Waals surface area (Å²) >= 11 is 0. The van der Waals surface area contributed by atoms with Crippen LogP contribution in [0.1, 0.15) is 31.4 Å². The van der Waals surface area contributed by atoms with E-state index in [0.717, 1.165) is 37.3 Å². The monoisotopic (exact) mass is 152 g/mol. The second-order valence-electron chi connectivity index (χ2n) is 2.54. The zero-order chi connectivity index (χ0) is 8.10. The second-order valence-corrected chi connectivity index (χ2v) is 2.54. The number of nitrogens with zero attached hydrogens (tertiary/aromatic N) is 1. The van der Waals surface area contributed by atoms with Gasteiger partial charge in [-0.15, -0.1) is 0 Å². The minimum Gasteiger partial charge on any atom is -0.449 e. The van der Waals surface area contributed by atoms with Crippen molar-refractivity contribution in [1.29, 1.82) is 0 Å². The lowest BCUT2D eigenvalue weighted by Crippen LogP contribution is -1.85. The fourth-order valence-electron chi connectivity index (χ4n) is 0.902. The highest BCUT2D eigenvalue weighted by atomic mass is 16.3. The minimum absolute atomic E-state index is 0.852. The van der Waals surface area contributed by atoms with Crippen LogP contribution in [0, 0.1) is 6.92 Å². The van der Waals surface area contributed by atoms with E-state index in [1.165, 1.54) is 0 Å². The molecule has 0 saturated heterocycles. The first-order valence-electron chi connectivity index (χ1n) is 4.09. The SMILES string of the molecule is [CH2]CCCc1nc(CC)co1. The van der Waals surface area contributed by atoms with E-state index in [-0.39, 0.29) is 0 Å². The van der Waals surface area contributed by atoms with Crippen LogP contribution in [0.2, 0.25) is 0 Å². The van der Waals surface area contributed by atoms with Crippen LogP contribution in [0.3, 0.4) is 0 Å². The molecule has 1 aromatic heterocycles. The predicted octanol–water partition coefficient (Wildman–Crippen LogP) is 2.39. The van der Waals surface area contributed by atoms with Gasteiger partial charge >= 0.3 is 0 Å². The van der Waals surface area contributed by atoms with Gasteiger partial charge in [-0.25, -0.2) is 4.98 Å². The average molecular weight is 152 g/mol. The van der Waals surface area contributed by atoms with E-state index in [0.29, 0.717) is 0 Å². The lowest BCUT2D eigenvalue weighted by atomic mass is 10.2. The highest BCUT2D eigenvalue weighted by molar-refractivity contribution is 4.95. The van der Waals surface area contributed by atoms with Crippen LogP contribution in [0.4, 0.5) is 0 Å². The van der Waals surface area contributed by atoms with E-state index in [1.807, 2.05) is 0 Å². The molecule has 2 heteroatoms. The lowest BCUT2D eigenvalue weighted by molar-refractivity contribution is 0.487. The Morgan fingerprint density at radius 3 is 3.00 bits per heavy atom. The van der Waals surface area contributed by atoms with Crippen molar-refractivity contribution >= 4 is 0 Å². The summed E-state index contributed by atoms with van der Waals surface area (Å²) in [5.74, 6) is 0.852.